The van der Waals surface area contributed by atoms with Gasteiger partial charge in [-0.3, -0.25) is 9.59 Å². The standard InChI is InChI=1S/C23H30N2O2/c1-6-21(23(27)24-5)25(15-20-10-8-7-9-18(20)4)22(26)14-19-12-16(2)11-17(3)13-19/h7-13,21H,6,14-15H2,1-5H3,(H,24,27). The molecule has 27 heavy (non-hydrogen) atoms. The fraction of sp³-hybridized carbons (Fsp3) is 0.391. The second-order valence-corrected chi connectivity index (χ2v) is 7.16. The second kappa shape index (κ2) is 9.36. The number of carbonyl (C=O) groups is 2. The molecule has 4 nitrogen and oxygen atoms in total. The van der Waals surface area contributed by atoms with Crippen molar-refractivity contribution in [3.05, 3.63) is 70.3 Å². The molecule has 2 amide bonds. The van der Waals surface area contributed by atoms with E-state index >= 15 is 0 Å². The predicted octanol–water partition coefficient (Wildman–Crippen LogP) is 3.71. The fourth-order valence-electron chi connectivity index (χ4n) is 3.50. The molecule has 0 radical (unpaired) electrons. The third kappa shape index (κ3) is 5.43. The van der Waals surface area contributed by atoms with E-state index < -0.39 is 6.04 Å². The summed E-state index contributed by atoms with van der Waals surface area (Å²) in [4.78, 5) is 27.4. The lowest BCUT2D eigenvalue weighted by Gasteiger charge is -2.31. The quantitative estimate of drug-likeness (QED) is 0.812. The Kier molecular flexibility index (Phi) is 7.17. The molecule has 0 aliphatic heterocycles. The first-order chi connectivity index (χ1) is 12.8. The normalized spacial score (nSPS) is 11.7. The van der Waals surface area contributed by atoms with Crippen LogP contribution in [0.15, 0.2) is 42.5 Å². The number of hydrogen-bond donors (Lipinski definition) is 1. The number of carbonyl (C=O) groups excluding carboxylic acids is 2. The lowest BCUT2D eigenvalue weighted by Crippen LogP contribution is -2.48. The van der Waals surface area contributed by atoms with Gasteiger partial charge >= 0.3 is 0 Å². The highest BCUT2D eigenvalue weighted by molar-refractivity contribution is 5.88. The largest absolute Gasteiger partial charge is 0.357 e. The number of rotatable bonds is 7. The van der Waals surface area contributed by atoms with Gasteiger partial charge in [-0.05, 0) is 43.9 Å². The molecule has 0 saturated heterocycles. The van der Waals surface area contributed by atoms with Crippen molar-refractivity contribution in [2.24, 2.45) is 0 Å². The van der Waals surface area contributed by atoms with Crippen LogP contribution in [0.2, 0.25) is 0 Å². The number of benzene rings is 2. The first-order valence-electron chi connectivity index (χ1n) is 9.48. The van der Waals surface area contributed by atoms with Crippen molar-refractivity contribution in [2.75, 3.05) is 7.05 Å². The van der Waals surface area contributed by atoms with Gasteiger partial charge in [0.1, 0.15) is 6.04 Å². The molecule has 1 atom stereocenters. The van der Waals surface area contributed by atoms with Crippen LogP contribution in [0.1, 0.15) is 41.2 Å². The molecule has 0 bridgehead atoms. The van der Waals surface area contributed by atoms with Crippen LogP contribution in [-0.4, -0.2) is 29.8 Å². The zero-order chi connectivity index (χ0) is 20.0. The van der Waals surface area contributed by atoms with E-state index in [9.17, 15) is 9.59 Å². The fourth-order valence-corrected chi connectivity index (χ4v) is 3.50. The van der Waals surface area contributed by atoms with E-state index in [0.717, 1.165) is 27.8 Å². The average Bonchev–Trinajstić information content (AvgIpc) is 2.61. The summed E-state index contributed by atoms with van der Waals surface area (Å²) in [5, 5.41) is 2.70. The third-order valence-corrected chi connectivity index (χ3v) is 4.87. The van der Waals surface area contributed by atoms with E-state index in [1.165, 1.54) is 0 Å². The number of likely N-dealkylation sites (N-methyl/N-ethyl adjacent to an activating group) is 1. The maximum atomic E-state index is 13.2. The summed E-state index contributed by atoms with van der Waals surface area (Å²) in [5.74, 6) is -0.154. The molecule has 0 saturated carbocycles. The van der Waals surface area contributed by atoms with Crippen LogP contribution in [-0.2, 0) is 22.6 Å². The number of aryl methyl sites for hydroxylation is 3. The van der Waals surface area contributed by atoms with E-state index in [-0.39, 0.29) is 11.8 Å². The van der Waals surface area contributed by atoms with Crippen LogP contribution in [0.3, 0.4) is 0 Å². The Bertz CT molecular complexity index is 794. The molecular weight excluding hydrogens is 336 g/mol. The lowest BCUT2D eigenvalue weighted by atomic mass is 10.0. The second-order valence-electron chi connectivity index (χ2n) is 7.16. The van der Waals surface area contributed by atoms with Crippen LogP contribution in [0, 0.1) is 20.8 Å². The van der Waals surface area contributed by atoms with Crippen molar-refractivity contribution in [3.63, 3.8) is 0 Å². The predicted molar refractivity (Wildman–Crippen MR) is 109 cm³/mol. The first-order valence-corrected chi connectivity index (χ1v) is 9.48. The van der Waals surface area contributed by atoms with Gasteiger partial charge in [0.15, 0.2) is 0 Å². The molecule has 0 heterocycles. The Balaban J connectivity index is 2.33. The zero-order valence-electron chi connectivity index (χ0n) is 17.0. The van der Waals surface area contributed by atoms with Gasteiger partial charge in [-0.25, -0.2) is 0 Å². The minimum absolute atomic E-state index is 0.0290. The van der Waals surface area contributed by atoms with Crippen LogP contribution in [0.5, 0.6) is 0 Å². The summed E-state index contributed by atoms with van der Waals surface area (Å²) in [5.41, 5.74) is 5.45. The van der Waals surface area contributed by atoms with Crippen LogP contribution < -0.4 is 5.32 Å². The highest BCUT2D eigenvalue weighted by Crippen LogP contribution is 2.18. The highest BCUT2D eigenvalue weighted by Gasteiger charge is 2.28. The number of hydrogen-bond acceptors (Lipinski definition) is 2. The average molecular weight is 367 g/mol. The molecule has 2 rings (SSSR count). The van der Waals surface area contributed by atoms with E-state index in [0.29, 0.717) is 19.4 Å². The Morgan fingerprint density at radius 3 is 2.22 bits per heavy atom. The molecule has 144 valence electrons. The molecule has 4 heteroatoms. The summed E-state index contributed by atoms with van der Waals surface area (Å²) in [6, 6.07) is 13.7. The molecular formula is C23H30N2O2. The van der Waals surface area contributed by atoms with Gasteiger partial charge in [-0.15, -0.1) is 0 Å². The van der Waals surface area contributed by atoms with Crippen molar-refractivity contribution in [3.8, 4) is 0 Å². The minimum Gasteiger partial charge on any atom is -0.357 e. The molecule has 0 aliphatic rings. The SMILES string of the molecule is CCC(C(=O)NC)N(Cc1ccccc1C)C(=O)Cc1cc(C)cc(C)c1. The van der Waals surface area contributed by atoms with E-state index in [1.54, 1.807) is 11.9 Å². The molecule has 1 unspecified atom stereocenters. The van der Waals surface area contributed by atoms with E-state index in [4.69, 9.17) is 0 Å². The summed E-state index contributed by atoms with van der Waals surface area (Å²) in [6.45, 7) is 8.47. The van der Waals surface area contributed by atoms with Crippen LogP contribution >= 0.6 is 0 Å². The van der Waals surface area contributed by atoms with E-state index in [2.05, 4.69) is 11.4 Å². The monoisotopic (exact) mass is 366 g/mol. The molecule has 0 fully saturated rings. The van der Waals surface area contributed by atoms with Crippen molar-refractivity contribution < 1.29 is 9.59 Å². The minimum atomic E-state index is -0.479. The Morgan fingerprint density at radius 2 is 1.67 bits per heavy atom. The van der Waals surface area contributed by atoms with Gasteiger partial charge in [0, 0.05) is 13.6 Å². The summed E-state index contributed by atoms with van der Waals surface area (Å²) >= 11 is 0. The first kappa shape index (κ1) is 20.7. The topological polar surface area (TPSA) is 49.4 Å². The lowest BCUT2D eigenvalue weighted by molar-refractivity contribution is -0.140. The number of amides is 2. The van der Waals surface area contributed by atoms with Crippen LogP contribution in [0.4, 0.5) is 0 Å². The van der Waals surface area contributed by atoms with Crippen molar-refractivity contribution in [1.82, 2.24) is 10.2 Å². The Morgan fingerprint density at radius 1 is 1.04 bits per heavy atom. The van der Waals surface area contributed by atoms with Gasteiger partial charge in [0.05, 0.1) is 6.42 Å². The van der Waals surface area contributed by atoms with Crippen molar-refractivity contribution in [2.45, 2.75) is 53.1 Å². The molecule has 2 aromatic rings. The molecule has 0 aromatic heterocycles. The van der Waals surface area contributed by atoms with Gasteiger partial charge in [-0.2, -0.15) is 0 Å². The Hall–Kier alpha value is -2.62. The molecule has 0 aliphatic carbocycles. The molecule has 0 spiro atoms. The molecule has 2 aromatic carbocycles. The third-order valence-electron chi connectivity index (χ3n) is 4.87. The number of nitrogens with zero attached hydrogens (tertiary/aromatic N) is 1. The maximum absolute atomic E-state index is 13.2. The van der Waals surface area contributed by atoms with Gasteiger partial charge in [0.2, 0.25) is 11.8 Å². The van der Waals surface area contributed by atoms with Crippen molar-refractivity contribution >= 4 is 11.8 Å². The number of nitrogens with one attached hydrogen (secondary N) is 1. The summed E-state index contributed by atoms with van der Waals surface area (Å²) in [6.07, 6.45) is 0.867. The zero-order valence-corrected chi connectivity index (χ0v) is 17.0. The molecule has 1 N–H and O–H groups in total. The maximum Gasteiger partial charge on any atom is 0.242 e. The van der Waals surface area contributed by atoms with Crippen molar-refractivity contribution in [1.29, 1.82) is 0 Å². The van der Waals surface area contributed by atoms with E-state index in [1.807, 2.05) is 64.1 Å². The van der Waals surface area contributed by atoms with Gasteiger partial charge in [0.25, 0.3) is 0 Å². The smallest absolute Gasteiger partial charge is 0.242 e. The highest BCUT2D eigenvalue weighted by atomic mass is 16.2. The summed E-state index contributed by atoms with van der Waals surface area (Å²) < 4.78 is 0. The summed E-state index contributed by atoms with van der Waals surface area (Å²) in [7, 11) is 1.62. The van der Waals surface area contributed by atoms with Crippen LogP contribution in [0.25, 0.3) is 0 Å². The van der Waals surface area contributed by atoms with Gasteiger partial charge in [-0.1, -0.05) is 60.5 Å². The van der Waals surface area contributed by atoms with Gasteiger partial charge < -0.3 is 10.2 Å². The Labute approximate surface area is 162 Å².